The molecule has 1 aromatic carbocycles. The fraction of sp³-hybridized carbons (Fsp3) is 0.353. The number of fused-ring (bicyclic) bond motifs is 1. The number of aryl methyl sites for hydroxylation is 1. The third kappa shape index (κ3) is 4.58. The molecule has 0 fully saturated rings. The zero-order valence-corrected chi connectivity index (χ0v) is 13.7. The molecule has 7 heteroatoms. The first-order valence-corrected chi connectivity index (χ1v) is 7.80. The molecule has 24 heavy (non-hydrogen) atoms. The Labute approximate surface area is 139 Å². The van der Waals surface area contributed by atoms with Gasteiger partial charge in [0.15, 0.2) is 6.61 Å². The maximum atomic E-state index is 11.6. The average Bonchev–Trinajstić information content (AvgIpc) is 2.56. The molecule has 0 aliphatic rings. The van der Waals surface area contributed by atoms with Crippen LogP contribution in [0.15, 0.2) is 33.5 Å². The van der Waals surface area contributed by atoms with Gasteiger partial charge in [-0.15, -0.1) is 0 Å². The first kappa shape index (κ1) is 17.5. The van der Waals surface area contributed by atoms with E-state index in [1.807, 2.05) is 13.8 Å². The van der Waals surface area contributed by atoms with E-state index in [1.165, 1.54) is 6.07 Å². The van der Waals surface area contributed by atoms with E-state index in [-0.39, 0.29) is 6.61 Å². The minimum absolute atomic E-state index is 0.317. The van der Waals surface area contributed by atoms with Crippen LogP contribution in [0.2, 0.25) is 0 Å². The molecule has 2 aromatic rings. The normalized spacial score (nSPS) is 10.4. The minimum Gasteiger partial charge on any atom is -0.484 e. The molecule has 1 aromatic heterocycles. The molecule has 2 rings (SSSR count). The van der Waals surface area contributed by atoms with Crippen molar-refractivity contribution >= 4 is 22.9 Å². The van der Waals surface area contributed by atoms with E-state index in [2.05, 4.69) is 10.6 Å². The monoisotopic (exact) mass is 332 g/mol. The molecule has 0 aliphatic heterocycles. The molecule has 0 unspecified atom stereocenters. The van der Waals surface area contributed by atoms with Crippen molar-refractivity contribution in [2.24, 2.45) is 0 Å². The maximum Gasteiger partial charge on any atom is 0.336 e. The van der Waals surface area contributed by atoms with Gasteiger partial charge < -0.3 is 14.5 Å². The highest BCUT2D eigenvalue weighted by Crippen LogP contribution is 2.22. The van der Waals surface area contributed by atoms with Crippen molar-refractivity contribution < 1.29 is 18.7 Å². The second-order valence-electron chi connectivity index (χ2n) is 5.19. The van der Waals surface area contributed by atoms with Crippen molar-refractivity contribution in [3.63, 3.8) is 0 Å². The highest BCUT2D eigenvalue weighted by molar-refractivity contribution is 5.95. The summed E-state index contributed by atoms with van der Waals surface area (Å²) in [5.74, 6) is -0.185. The van der Waals surface area contributed by atoms with Gasteiger partial charge >= 0.3 is 11.7 Å². The van der Waals surface area contributed by atoms with Crippen molar-refractivity contribution in [1.82, 2.24) is 10.6 Å². The third-order valence-electron chi connectivity index (χ3n) is 3.34. The van der Waals surface area contributed by atoms with Gasteiger partial charge in [-0.1, -0.05) is 13.8 Å². The highest BCUT2D eigenvalue weighted by atomic mass is 16.5. The van der Waals surface area contributed by atoms with Crippen molar-refractivity contribution in [3.05, 3.63) is 40.2 Å². The van der Waals surface area contributed by atoms with Crippen LogP contribution in [0.5, 0.6) is 5.75 Å². The standard InChI is InChI=1S/C17H20N2O5/c1-3-7-18-17(22)19-15(20)10-23-12-5-6-13-11(4-2)8-16(21)24-14(13)9-12/h5-6,8-9H,3-4,7,10H2,1-2H3,(H2,18,19,20,22). The summed E-state index contributed by atoms with van der Waals surface area (Å²) >= 11 is 0. The SMILES string of the molecule is CCCNC(=O)NC(=O)COc1ccc2c(CC)cc(=O)oc2c1. The van der Waals surface area contributed by atoms with Crippen LogP contribution in [0.3, 0.4) is 0 Å². The number of benzene rings is 1. The van der Waals surface area contributed by atoms with Gasteiger partial charge in [-0.3, -0.25) is 10.1 Å². The third-order valence-corrected chi connectivity index (χ3v) is 3.34. The number of hydrogen-bond donors (Lipinski definition) is 2. The Kier molecular flexibility index (Phi) is 5.95. The average molecular weight is 332 g/mol. The lowest BCUT2D eigenvalue weighted by atomic mass is 10.1. The second kappa shape index (κ2) is 8.14. The molecule has 128 valence electrons. The molecule has 7 nitrogen and oxygen atoms in total. The van der Waals surface area contributed by atoms with E-state index in [0.717, 1.165) is 17.4 Å². The van der Waals surface area contributed by atoms with Crippen LogP contribution in [0.1, 0.15) is 25.8 Å². The van der Waals surface area contributed by atoms with Crippen molar-refractivity contribution in [2.45, 2.75) is 26.7 Å². The number of rotatable bonds is 6. The van der Waals surface area contributed by atoms with E-state index < -0.39 is 17.6 Å². The lowest BCUT2D eigenvalue weighted by Gasteiger charge is -2.09. The van der Waals surface area contributed by atoms with Gasteiger partial charge in [0.1, 0.15) is 11.3 Å². The van der Waals surface area contributed by atoms with Crippen molar-refractivity contribution in [1.29, 1.82) is 0 Å². The summed E-state index contributed by atoms with van der Waals surface area (Å²) in [6.45, 7) is 4.03. The number of ether oxygens (including phenoxy) is 1. The van der Waals surface area contributed by atoms with E-state index in [4.69, 9.17) is 9.15 Å². The molecule has 1 heterocycles. The van der Waals surface area contributed by atoms with Gasteiger partial charge in [0.2, 0.25) is 0 Å². The van der Waals surface area contributed by atoms with E-state index in [9.17, 15) is 14.4 Å². The van der Waals surface area contributed by atoms with Crippen LogP contribution in [0, 0.1) is 0 Å². The smallest absolute Gasteiger partial charge is 0.336 e. The van der Waals surface area contributed by atoms with Gasteiger partial charge in [0.25, 0.3) is 5.91 Å². The Hall–Kier alpha value is -2.83. The summed E-state index contributed by atoms with van der Waals surface area (Å²) in [7, 11) is 0. The first-order chi connectivity index (χ1) is 11.5. The molecule has 0 atom stereocenters. The summed E-state index contributed by atoms with van der Waals surface area (Å²) < 4.78 is 10.5. The summed E-state index contributed by atoms with van der Waals surface area (Å²) in [6, 6.07) is 5.93. The summed E-state index contributed by atoms with van der Waals surface area (Å²) in [6.07, 6.45) is 1.48. The number of carbonyl (C=O) groups is 2. The van der Waals surface area contributed by atoms with E-state index >= 15 is 0 Å². The van der Waals surface area contributed by atoms with Crippen molar-refractivity contribution in [2.75, 3.05) is 13.2 Å². The van der Waals surface area contributed by atoms with Crippen molar-refractivity contribution in [3.8, 4) is 5.75 Å². The molecule has 0 bridgehead atoms. The van der Waals surface area contributed by atoms with Crippen LogP contribution in [-0.4, -0.2) is 25.1 Å². The Morgan fingerprint density at radius 2 is 2.00 bits per heavy atom. The van der Waals surface area contributed by atoms with E-state index in [0.29, 0.717) is 24.3 Å². The molecule has 0 radical (unpaired) electrons. The van der Waals surface area contributed by atoms with Gasteiger partial charge in [-0.05, 0) is 30.5 Å². The number of urea groups is 1. The van der Waals surface area contributed by atoms with Gasteiger partial charge in [-0.25, -0.2) is 9.59 Å². The lowest BCUT2D eigenvalue weighted by Crippen LogP contribution is -2.41. The predicted octanol–water partition coefficient (Wildman–Crippen LogP) is 1.97. The molecule has 3 amide bonds. The minimum atomic E-state index is -0.563. The predicted molar refractivity (Wildman–Crippen MR) is 89.2 cm³/mol. The van der Waals surface area contributed by atoms with Crippen LogP contribution >= 0.6 is 0 Å². The zero-order valence-electron chi connectivity index (χ0n) is 13.7. The number of imide groups is 1. The zero-order chi connectivity index (χ0) is 17.5. The Bertz CT molecular complexity index is 797. The largest absolute Gasteiger partial charge is 0.484 e. The maximum absolute atomic E-state index is 11.6. The Morgan fingerprint density at radius 3 is 2.71 bits per heavy atom. The Morgan fingerprint density at radius 1 is 1.21 bits per heavy atom. The molecule has 0 spiro atoms. The van der Waals surface area contributed by atoms with Gasteiger partial charge in [0.05, 0.1) is 0 Å². The molecule has 2 N–H and O–H groups in total. The number of amides is 3. The summed E-state index contributed by atoms with van der Waals surface area (Å²) in [4.78, 5) is 34.5. The molecular weight excluding hydrogens is 312 g/mol. The Balaban J connectivity index is 2.02. The molecule has 0 saturated heterocycles. The number of carbonyl (C=O) groups excluding carboxylic acids is 2. The lowest BCUT2D eigenvalue weighted by molar-refractivity contribution is -0.122. The first-order valence-electron chi connectivity index (χ1n) is 7.80. The number of hydrogen-bond acceptors (Lipinski definition) is 5. The number of nitrogens with one attached hydrogen (secondary N) is 2. The quantitative estimate of drug-likeness (QED) is 0.788. The highest BCUT2D eigenvalue weighted by Gasteiger charge is 2.09. The molecule has 0 saturated carbocycles. The van der Waals surface area contributed by atoms with Crippen LogP contribution in [0.4, 0.5) is 4.79 Å². The topological polar surface area (TPSA) is 97.6 Å². The van der Waals surface area contributed by atoms with Gasteiger partial charge in [-0.2, -0.15) is 0 Å². The molecule has 0 aliphatic carbocycles. The fourth-order valence-corrected chi connectivity index (χ4v) is 2.19. The van der Waals surface area contributed by atoms with Crippen LogP contribution in [-0.2, 0) is 11.2 Å². The molecular formula is C17H20N2O5. The van der Waals surface area contributed by atoms with Gasteiger partial charge in [0, 0.05) is 24.1 Å². The second-order valence-corrected chi connectivity index (χ2v) is 5.19. The van der Waals surface area contributed by atoms with Crippen LogP contribution < -0.4 is 21.0 Å². The van der Waals surface area contributed by atoms with Crippen LogP contribution in [0.25, 0.3) is 11.0 Å². The summed E-state index contributed by atoms with van der Waals surface area (Å²) in [5.41, 5.74) is 0.859. The van der Waals surface area contributed by atoms with E-state index in [1.54, 1.807) is 18.2 Å². The fourth-order valence-electron chi connectivity index (χ4n) is 2.19. The summed E-state index contributed by atoms with van der Waals surface area (Å²) in [5, 5.41) is 5.52.